The van der Waals surface area contributed by atoms with E-state index in [9.17, 15) is 8.42 Å². The summed E-state index contributed by atoms with van der Waals surface area (Å²) in [7, 11) is -3.26. The van der Waals surface area contributed by atoms with Gasteiger partial charge in [0.15, 0.2) is 9.84 Å². The summed E-state index contributed by atoms with van der Waals surface area (Å²) < 4.78 is 24.9. The molecule has 0 unspecified atom stereocenters. The SMILES string of the molecule is Cc1ccccc1N1CCN(CCS(=O)(=O)c2ccc(Cl)cc2)CC1. The average Bonchev–Trinajstić information content (AvgIpc) is 2.61. The summed E-state index contributed by atoms with van der Waals surface area (Å²) >= 11 is 5.83. The van der Waals surface area contributed by atoms with E-state index in [0.717, 1.165) is 26.2 Å². The number of hydrogen-bond donors (Lipinski definition) is 0. The lowest BCUT2D eigenvalue weighted by Crippen LogP contribution is -2.47. The third kappa shape index (κ3) is 4.54. The normalized spacial score (nSPS) is 16.2. The molecule has 0 radical (unpaired) electrons. The molecule has 1 aliphatic heterocycles. The molecule has 134 valence electrons. The van der Waals surface area contributed by atoms with E-state index in [1.54, 1.807) is 24.3 Å². The molecular weight excluding hydrogens is 356 g/mol. The maximum Gasteiger partial charge on any atom is 0.179 e. The molecule has 0 N–H and O–H groups in total. The first-order chi connectivity index (χ1) is 12.0. The fourth-order valence-corrected chi connectivity index (χ4v) is 4.55. The van der Waals surface area contributed by atoms with Crippen molar-refractivity contribution in [3.63, 3.8) is 0 Å². The molecule has 1 saturated heterocycles. The van der Waals surface area contributed by atoms with Crippen molar-refractivity contribution < 1.29 is 8.42 Å². The number of aryl methyl sites for hydroxylation is 1. The first-order valence-electron chi connectivity index (χ1n) is 8.47. The Bertz CT molecular complexity index is 814. The Labute approximate surface area is 154 Å². The summed E-state index contributed by atoms with van der Waals surface area (Å²) in [6.45, 7) is 6.29. The van der Waals surface area contributed by atoms with Crippen LogP contribution in [0, 0.1) is 6.92 Å². The van der Waals surface area contributed by atoms with Crippen LogP contribution in [0.3, 0.4) is 0 Å². The number of sulfone groups is 1. The van der Waals surface area contributed by atoms with Gasteiger partial charge < -0.3 is 4.90 Å². The molecule has 0 aliphatic carbocycles. The molecule has 0 amide bonds. The van der Waals surface area contributed by atoms with Gasteiger partial charge in [0.2, 0.25) is 0 Å². The highest BCUT2D eigenvalue weighted by Crippen LogP contribution is 2.21. The number of rotatable bonds is 5. The summed E-state index contributed by atoms with van der Waals surface area (Å²) in [5, 5.41) is 0.547. The van der Waals surface area contributed by atoms with E-state index in [4.69, 9.17) is 11.6 Å². The van der Waals surface area contributed by atoms with Crippen molar-refractivity contribution in [1.82, 2.24) is 4.90 Å². The quantitative estimate of drug-likeness (QED) is 0.800. The predicted molar refractivity (Wildman–Crippen MR) is 103 cm³/mol. The molecule has 2 aromatic carbocycles. The van der Waals surface area contributed by atoms with Crippen LogP contribution in [0.15, 0.2) is 53.4 Å². The lowest BCUT2D eigenvalue weighted by atomic mass is 10.1. The Morgan fingerprint density at radius 1 is 0.960 bits per heavy atom. The molecule has 0 atom stereocenters. The molecule has 0 aromatic heterocycles. The van der Waals surface area contributed by atoms with E-state index in [1.165, 1.54) is 11.3 Å². The van der Waals surface area contributed by atoms with Crippen molar-refractivity contribution in [3.8, 4) is 0 Å². The van der Waals surface area contributed by atoms with Gasteiger partial charge in [-0.05, 0) is 42.8 Å². The van der Waals surface area contributed by atoms with Gasteiger partial charge in [0.05, 0.1) is 10.6 Å². The van der Waals surface area contributed by atoms with E-state index >= 15 is 0 Å². The highest BCUT2D eigenvalue weighted by atomic mass is 35.5. The zero-order chi connectivity index (χ0) is 17.9. The van der Waals surface area contributed by atoms with E-state index < -0.39 is 9.84 Å². The van der Waals surface area contributed by atoms with Gasteiger partial charge in [-0.25, -0.2) is 8.42 Å². The van der Waals surface area contributed by atoms with Gasteiger partial charge in [0.25, 0.3) is 0 Å². The molecule has 0 saturated carbocycles. The number of piperazine rings is 1. The Balaban J connectivity index is 1.54. The van der Waals surface area contributed by atoms with E-state index in [1.807, 2.05) is 0 Å². The second kappa shape index (κ2) is 7.77. The van der Waals surface area contributed by atoms with Crippen LogP contribution in [0.2, 0.25) is 5.02 Å². The molecule has 4 nitrogen and oxygen atoms in total. The van der Waals surface area contributed by atoms with E-state index in [-0.39, 0.29) is 5.75 Å². The number of nitrogens with zero attached hydrogens (tertiary/aromatic N) is 2. The van der Waals surface area contributed by atoms with Crippen LogP contribution >= 0.6 is 11.6 Å². The van der Waals surface area contributed by atoms with Crippen molar-refractivity contribution in [2.75, 3.05) is 43.4 Å². The summed E-state index contributed by atoms with van der Waals surface area (Å²) in [6, 6.07) is 14.8. The number of benzene rings is 2. The van der Waals surface area contributed by atoms with Crippen LogP contribution in [0.25, 0.3) is 0 Å². The van der Waals surface area contributed by atoms with Gasteiger partial charge in [0.1, 0.15) is 0 Å². The predicted octanol–water partition coefficient (Wildman–Crippen LogP) is 3.24. The van der Waals surface area contributed by atoms with Crippen molar-refractivity contribution in [1.29, 1.82) is 0 Å². The van der Waals surface area contributed by atoms with Gasteiger partial charge >= 0.3 is 0 Å². The first-order valence-corrected chi connectivity index (χ1v) is 10.5. The minimum absolute atomic E-state index is 0.138. The zero-order valence-electron chi connectivity index (χ0n) is 14.4. The van der Waals surface area contributed by atoms with Gasteiger partial charge in [-0.3, -0.25) is 4.90 Å². The second-order valence-corrected chi connectivity index (χ2v) is 8.93. The third-order valence-electron chi connectivity index (χ3n) is 4.68. The molecule has 1 fully saturated rings. The zero-order valence-corrected chi connectivity index (χ0v) is 15.9. The van der Waals surface area contributed by atoms with Crippen molar-refractivity contribution >= 4 is 27.1 Å². The molecule has 25 heavy (non-hydrogen) atoms. The van der Waals surface area contributed by atoms with Gasteiger partial charge in [-0.1, -0.05) is 29.8 Å². The van der Waals surface area contributed by atoms with Crippen LogP contribution in [0.1, 0.15) is 5.56 Å². The summed E-state index contributed by atoms with van der Waals surface area (Å²) in [4.78, 5) is 4.94. The molecule has 1 aliphatic rings. The van der Waals surface area contributed by atoms with Gasteiger partial charge in [0, 0.05) is 43.4 Å². The van der Waals surface area contributed by atoms with Crippen molar-refractivity contribution in [2.24, 2.45) is 0 Å². The molecule has 6 heteroatoms. The summed E-state index contributed by atoms with van der Waals surface area (Å²) in [5.74, 6) is 0.138. The monoisotopic (exact) mass is 378 g/mol. The van der Waals surface area contributed by atoms with Gasteiger partial charge in [-0.2, -0.15) is 0 Å². The molecule has 0 spiro atoms. The highest BCUT2D eigenvalue weighted by Gasteiger charge is 2.21. The maximum atomic E-state index is 12.4. The smallest absolute Gasteiger partial charge is 0.179 e. The molecule has 0 bridgehead atoms. The largest absolute Gasteiger partial charge is 0.369 e. The number of hydrogen-bond acceptors (Lipinski definition) is 4. The van der Waals surface area contributed by atoms with Crippen LogP contribution < -0.4 is 4.90 Å². The molecule has 2 aromatic rings. The Kier molecular flexibility index (Phi) is 5.67. The highest BCUT2D eigenvalue weighted by molar-refractivity contribution is 7.91. The third-order valence-corrected chi connectivity index (χ3v) is 6.64. The first kappa shape index (κ1) is 18.2. The number of anilines is 1. The van der Waals surface area contributed by atoms with E-state index in [2.05, 4.69) is 41.0 Å². The molecule has 1 heterocycles. The average molecular weight is 379 g/mol. The minimum atomic E-state index is -3.26. The maximum absolute atomic E-state index is 12.4. The van der Waals surface area contributed by atoms with Crippen molar-refractivity contribution in [3.05, 3.63) is 59.1 Å². The molecule has 3 rings (SSSR count). The fourth-order valence-electron chi connectivity index (χ4n) is 3.14. The Morgan fingerprint density at radius 2 is 1.60 bits per heavy atom. The summed E-state index contributed by atoms with van der Waals surface area (Å²) in [5.41, 5.74) is 2.55. The van der Waals surface area contributed by atoms with Gasteiger partial charge in [-0.15, -0.1) is 0 Å². The minimum Gasteiger partial charge on any atom is -0.369 e. The fraction of sp³-hybridized carbons (Fsp3) is 0.368. The van der Waals surface area contributed by atoms with Crippen molar-refractivity contribution in [2.45, 2.75) is 11.8 Å². The van der Waals surface area contributed by atoms with Crippen LogP contribution in [-0.4, -0.2) is 51.8 Å². The lowest BCUT2D eigenvalue weighted by Gasteiger charge is -2.36. The van der Waals surface area contributed by atoms with Crippen LogP contribution in [-0.2, 0) is 9.84 Å². The number of para-hydroxylation sites is 1. The van der Waals surface area contributed by atoms with Crippen LogP contribution in [0.5, 0.6) is 0 Å². The topological polar surface area (TPSA) is 40.6 Å². The summed E-state index contributed by atoms with van der Waals surface area (Å²) in [6.07, 6.45) is 0. The van der Waals surface area contributed by atoms with Crippen LogP contribution in [0.4, 0.5) is 5.69 Å². The Hall–Kier alpha value is -1.56. The number of halogens is 1. The van der Waals surface area contributed by atoms with E-state index in [0.29, 0.717) is 16.5 Å². The Morgan fingerprint density at radius 3 is 2.24 bits per heavy atom. The second-order valence-electron chi connectivity index (χ2n) is 6.39. The molecular formula is C19H23ClN2O2S. The standard InChI is InChI=1S/C19H23ClN2O2S/c1-16-4-2-3-5-19(16)22-12-10-21(11-13-22)14-15-25(23,24)18-8-6-17(20)7-9-18/h2-9H,10-15H2,1H3. The lowest BCUT2D eigenvalue weighted by molar-refractivity contribution is 0.272.